The van der Waals surface area contributed by atoms with Crippen molar-refractivity contribution >= 4 is 5.97 Å². The molecule has 1 N–H and O–H groups in total. The summed E-state index contributed by atoms with van der Waals surface area (Å²) in [5.41, 5.74) is 1.37. The van der Waals surface area contributed by atoms with E-state index >= 15 is 0 Å². The SMILES string of the molecule is COC(C)CCC(C)=C(C)C(=O)O. The molecule has 0 aromatic rings. The normalized spacial score (nSPS) is 15.1. The second-order valence-corrected chi connectivity index (χ2v) is 3.30. The molecule has 0 bridgehead atoms. The van der Waals surface area contributed by atoms with Gasteiger partial charge >= 0.3 is 5.97 Å². The molecule has 0 amide bonds. The van der Waals surface area contributed by atoms with Gasteiger partial charge < -0.3 is 9.84 Å². The van der Waals surface area contributed by atoms with E-state index in [1.54, 1.807) is 14.0 Å². The van der Waals surface area contributed by atoms with E-state index in [-0.39, 0.29) is 6.10 Å². The van der Waals surface area contributed by atoms with Gasteiger partial charge in [0, 0.05) is 12.7 Å². The highest BCUT2D eigenvalue weighted by Crippen LogP contribution is 2.12. The summed E-state index contributed by atoms with van der Waals surface area (Å²) in [6, 6.07) is 0. The van der Waals surface area contributed by atoms with Gasteiger partial charge in [0.25, 0.3) is 0 Å². The molecule has 0 rings (SSSR count). The summed E-state index contributed by atoms with van der Waals surface area (Å²) in [6.45, 7) is 5.46. The van der Waals surface area contributed by atoms with Crippen molar-refractivity contribution in [1.29, 1.82) is 0 Å². The number of ether oxygens (including phenoxy) is 1. The third kappa shape index (κ3) is 4.68. The molecule has 0 fully saturated rings. The van der Waals surface area contributed by atoms with Crippen molar-refractivity contribution in [3.8, 4) is 0 Å². The monoisotopic (exact) mass is 186 g/mol. The lowest BCUT2D eigenvalue weighted by Gasteiger charge is -2.09. The quantitative estimate of drug-likeness (QED) is 0.670. The van der Waals surface area contributed by atoms with E-state index in [1.807, 2.05) is 13.8 Å². The van der Waals surface area contributed by atoms with E-state index in [2.05, 4.69) is 0 Å². The minimum atomic E-state index is -0.831. The van der Waals surface area contributed by atoms with Gasteiger partial charge in [-0.1, -0.05) is 5.57 Å². The van der Waals surface area contributed by atoms with E-state index in [0.717, 1.165) is 18.4 Å². The highest BCUT2D eigenvalue weighted by Gasteiger charge is 2.06. The van der Waals surface area contributed by atoms with Crippen LogP contribution in [0.3, 0.4) is 0 Å². The molecule has 3 heteroatoms. The van der Waals surface area contributed by atoms with Gasteiger partial charge in [-0.3, -0.25) is 0 Å². The van der Waals surface area contributed by atoms with Crippen LogP contribution in [0.2, 0.25) is 0 Å². The Bertz CT molecular complexity index is 206. The van der Waals surface area contributed by atoms with Crippen LogP contribution in [0, 0.1) is 0 Å². The third-order valence-corrected chi connectivity index (χ3v) is 2.29. The number of carboxylic acids is 1. The number of carbonyl (C=O) groups is 1. The fourth-order valence-corrected chi connectivity index (χ4v) is 0.908. The number of carboxylic acid groups (broad SMARTS) is 1. The van der Waals surface area contributed by atoms with Crippen molar-refractivity contribution < 1.29 is 14.6 Å². The molecule has 0 aromatic heterocycles. The van der Waals surface area contributed by atoms with Crippen LogP contribution in [-0.2, 0) is 9.53 Å². The Kier molecular flexibility index (Phi) is 5.39. The smallest absolute Gasteiger partial charge is 0.331 e. The van der Waals surface area contributed by atoms with Crippen LogP contribution < -0.4 is 0 Å². The van der Waals surface area contributed by atoms with Gasteiger partial charge in [0.15, 0.2) is 0 Å². The summed E-state index contributed by atoms with van der Waals surface area (Å²) < 4.78 is 5.07. The number of allylic oxidation sites excluding steroid dienone is 1. The molecule has 0 radical (unpaired) electrons. The van der Waals surface area contributed by atoms with Gasteiger partial charge in [0.1, 0.15) is 0 Å². The average molecular weight is 186 g/mol. The highest BCUT2D eigenvalue weighted by atomic mass is 16.5. The zero-order chi connectivity index (χ0) is 10.4. The fourth-order valence-electron chi connectivity index (χ4n) is 0.908. The lowest BCUT2D eigenvalue weighted by molar-refractivity contribution is -0.132. The van der Waals surface area contributed by atoms with Crippen molar-refractivity contribution in [2.45, 2.75) is 39.7 Å². The van der Waals surface area contributed by atoms with Crippen molar-refractivity contribution in [3.63, 3.8) is 0 Å². The summed E-state index contributed by atoms with van der Waals surface area (Å²) in [5, 5.41) is 8.69. The number of hydrogen-bond acceptors (Lipinski definition) is 2. The minimum absolute atomic E-state index is 0.191. The molecule has 0 aliphatic heterocycles. The van der Waals surface area contributed by atoms with Gasteiger partial charge in [0.2, 0.25) is 0 Å². The van der Waals surface area contributed by atoms with Crippen molar-refractivity contribution in [2.75, 3.05) is 7.11 Å². The standard InChI is InChI=1S/C10H18O3/c1-7(9(3)10(11)12)5-6-8(2)13-4/h8H,5-6H2,1-4H3,(H,11,12). The first-order valence-corrected chi connectivity index (χ1v) is 4.41. The first kappa shape index (κ1) is 12.2. The average Bonchev–Trinajstić information content (AvgIpc) is 2.11. The molecule has 0 aromatic carbocycles. The number of aliphatic carboxylic acids is 1. The summed E-state index contributed by atoms with van der Waals surface area (Å²) in [6.07, 6.45) is 1.84. The zero-order valence-corrected chi connectivity index (χ0v) is 8.76. The summed E-state index contributed by atoms with van der Waals surface area (Å²) in [4.78, 5) is 10.6. The van der Waals surface area contributed by atoms with Crippen LogP contribution in [0.15, 0.2) is 11.1 Å². The molecule has 1 atom stereocenters. The molecule has 0 aliphatic carbocycles. The van der Waals surface area contributed by atoms with E-state index in [1.165, 1.54) is 0 Å². The van der Waals surface area contributed by atoms with Crippen LogP contribution in [-0.4, -0.2) is 24.3 Å². The lowest BCUT2D eigenvalue weighted by Crippen LogP contribution is -2.06. The van der Waals surface area contributed by atoms with Gasteiger partial charge in [-0.05, 0) is 33.6 Å². The molecule has 1 unspecified atom stereocenters. The first-order valence-electron chi connectivity index (χ1n) is 4.41. The van der Waals surface area contributed by atoms with E-state index in [4.69, 9.17) is 9.84 Å². The van der Waals surface area contributed by atoms with Crippen molar-refractivity contribution in [2.24, 2.45) is 0 Å². The summed E-state index contributed by atoms with van der Waals surface area (Å²) >= 11 is 0. The van der Waals surface area contributed by atoms with Crippen LogP contribution >= 0.6 is 0 Å². The molecular formula is C10H18O3. The third-order valence-electron chi connectivity index (χ3n) is 2.29. The molecule has 13 heavy (non-hydrogen) atoms. The van der Waals surface area contributed by atoms with Gasteiger partial charge in [-0.25, -0.2) is 4.79 Å². The molecule has 0 aliphatic rings. The summed E-state index contributed by atoms with van der Waals surface area (Å²) in [5.74, 6) is -0.831. The van der Waals surface area contributed by atoms with Gasteiger partial charge in [0.05, 0.1) is 6.10 Å². The number of methoxy groups -OCH3 is 1. The number of rotatable bonds is 5. The van der Waals surface area contributed by atoms with Crippen molar-refractivity contribution in [1.82, 2.24) is 0 Å². The Labute approximate surface area is 79.4 Å². The van der Waals surface area contributed by atoms with Crippen LogP contribution in [0.25, 0.3) is 0 Å². The Balaban J connectivity index is 4.06. The Morgan fingerprint density at radius 2 is 2.00 bits per heavy atom. The Morgan fingerprint density at radius 1 is 1.46 bits per heavy atom. The second kappa shape index (κ2) is 5.75. The van der Waals surface area contributed by atoms with Crippen LogP contribution in [0.1, 0.15) is 33.6 Å². The molecule has 76 valence electrons. The van der Waals surface area contributed by atoms with E-state index in [0.29, 0.717) is 5.57 Å². The minimum Gasteiger partial charge on any atom is -0.478 e. The van der Waals surface area contributed by atoms with E-state index in [9.17, 15) is 4.79 Å². The Hall–Kier alpha value is -0.830. The molecule has 0 saturated heterocycles. The van der Waals surface area contributed by atoms with Crippen molar-refractivity contribution in [3.05, 3.63) is 11.1 Å². The predicted octanol–water partition coefficient (Wildman–Crippen LogP) is 2.22. The van der Waals surface area contributed by atoms with Crippen LogP contribution in [0.5, 0.6) is 0 Å². The second-order valence-electron chi connectivity index (χ2n) is 3.30. The van der Waals surface area contributed by atoms with E-state index < -0.39 is 5.97 Å². The predicted molar refractivity (Wildman–Crippen MR) is 51.7 cm³/mol. The molecule has 0 saturated carbocycles. The maximum absolute atomic E-state index is 10.6. The molecular weight excluding hydrogens is 168 g/mol. The van der Waals surface area contributed by atoms with Gasteiger partial charge in [-0.15, -0.1) is 0 Å². The molecule has 0 heterocycles. The van der Waals surface area contributed by atoms with Crippen LogP contribution in [0.4, 0.5) is 0 Å². The maximum atomic E-state index is 10.6. The zero-order valence-electron chi connectivity index (χ0n) is 8.76. The number of hydrogen-bond donors (Lipinski definition) is 1. The molecule has 3 nitrogen and oxygen atoms in total. The highest BCUT2D eigenvalue weighted by molar-refractivity contribution is 5.86. The maximum Gasteiger partial charge on any atom is 0.331 e. The fraction of sp³-hybridized carbons (Fsp3) is 0.700. The topological polar surface area (TPSA) is 46.5 Å². The lowest BCUT2D eigenvalue weighted by atomic mass is 10.0. The first-order chi connectivity index (χ1) is 5.99. The van der Waals surface area contributed by atoms with Gasteiger partial charge in [-0.2, -0.15) is 0 Å². The summed E-state index contributed by atoms with van der Waals surface area (Å²) in [7, 11) is 1.66. The Morgan fingerprint density at radius 3 is 2.38 bits per heavy atom. The largest absolute Gasteiger partial charge is 0.478 e. The molecule has 0 spiro atoms.